The van der Waals surface area contributed by atoms with Crippen LogP contribution in [0.25, 0.3) is 33.4 Å². The number of likely N-dealkylation sites (tertiary alicyclic amines) is 1. The Labute approximate surface area is 322 Å². The lowest BCUT2D eigenvalue weighted by molar-refractivity contribution is -0.155. The fourth-order valence-electron chi connectivity index (χ4n) is 8.12. The molecule has 0 unspecified atom stereocenters. The molecule has 3 aromatic heterocycles. The van der Waals surface area contributed by atoms with Gasteiger partial charge in [-0.25, -0.2) is 10.4 Å². The molecule has 3 N–H and O–H groups in total. The Bertz CT molecular complexity index is 1970. The number of piperidine rings is 1. The zero-order chi connectivity index (χ0) is 38.1. The van der Waals surface area contributed by atoms with Gasteiger partial charge in [0.15, 0.2) is 0 Å². The summed E-state index contributed by atoms with van der Waals surface area (Å²) < 4.78 is 20.8. The summed E-state index contributed by atoms with van der Waals surface area (Å²) in [5.74, 6) is -0.328. The van der Waals surface area contributed by atoms with E-state index < -0.39 is 23.6 Å². The van der Waals surface area contributed by atoms with Gasteiger partial charge in [-0.3, -0.25) is 19.6 Å². The number of thiazole rings is 1. The fraction of sp³-hybridized carbons (Fsp3) is 0.561. The minimum Gasteiger partial charge on any atom is -0.464 e. The van der Waals surface area contributed by atoms with Crippen LogP contribution >= 0.6 is 11.3 Å². The van der Waals surface area contributed by atoms with Gasteiger partial charge in [0.2, 0.25) is 0 Å². The van der Waals surface area contributed by atoms with Gasteiger partial charge in [-0.15, -0.1) is 11.3 Å². The molecule has 12 nitrogen and oxygen atoms in total. The number of nitrogens with one attached hydrogen (secondary N) is 1. The van der Waals surface area contributed by atoms with Gasteiger partial charge in [0.1, 0.15) is 23.2 Å². The quantitative estimate of drug-likeness (QED) is 0.219. The first kappa shape index (κ1) is 38.6. The maximum atomic E-state index is 14.0. The average Bonchev–Trinajstić information content (AvgIpc) is 3.79. The Morgan fingerprint density at radius 1 is 1.15 bits per heavy atom. The second kappa shape index (κ2) is 16.2. The highest BCUT2D eigenvalue weighted by Gasteiger charge is 2.38. The third-order valence-electron chi connectivity index (χ3n) is 11.3. The number of methoxy groups -OCH3 is 1. The van der Waals surface area contributed by atoms with Crippen molar-refractivity contribution in [1.82, 2.24) is 29.9 Å². The summed E-state index contributed by atoms with van der Waals surface area (Å²) in [7, 11) is 3.85. The summed E-state index contributed by atoms with van der Waals surface area (Å²) in [5.41, 5.74) is 16.5. The molecule has 1 aromatic carbocycles. The standard InChI is InChI=1S/C41H55N7O5S/c1-7-47-33-13-12-27-20-29(33)30(36(47)28-10-8-16-43-35(28)25(2)51-6)21-41(3,4)24-53-40(50)31-11-9-17-48(45-31)39(49)34(42)37(38-44-32(27)23-54-38)52-22-26-14-18-46(5)19-15-26/h8,10,12-13,16,20,23,25-26,31,34,37,45H,7,9,11,14-15,17-19,21-22,24,42H2,1-6H3/t25-,31-,34-,37-/m0/s1. The number of hydrogen-bond donors (Lipinski definition) is 2. The van der Waals surface area contributed by atoms with Crippen molar-refractivity contribution in [2.45, 2.75) is 90.6 Å². The fourth-order valence-corrected chi connectivity index (χ4v) is 9.04. The van der Waals surface area contributed by atoms with E-state index in [4.69, 9.17) is 29.9 Å². The summed E-state index contributed by atoms with van der Waals surface area (Å²) in [4.78, 5) is 40.0. The molecule has 290 valence electrons. The monoisotopic (exact) mass is 757 g/mol. The first-order valence-corrected chi connectivity index (χ1v) is 20.2. The molecule has 2 saturated heterocycles. The predicted octanol–water partition coefficient (Wildman–Crippen LogP) is 5.90. The van der Waals surface area contributed by atoms with Crippen LogP contribution in [0.1, 0.15) is 81.9 Å². The average molecular weight is 758 g/mol. The zero-order valence-electron chi connectivity index (χ0n) is 32.5. The molecular formula is C41H55N7O5S. The molecule has 3 aliphatic rings. The van der Waals surface area contributed by atoms with E-state index in [1.54, 1.807) is 7.11 Å². The number of hydrogen-bond acceptors (Lipinski definition) is 11. The third kappa shape index (κ3) is 7.85. The summed E-state index contributed by atoms with van der Waals surface area (Å²) in [6, 6.07) is 8.92. The van der Waals surface area contributed by atoms with Crippen LogP contribution in [0.3, 0.4) is 0 Å². The van der Waals surface area contributed by atoms with E-state index in [0.29, 0.717) is 43.3 Å². The number of aryl methyl sites for hydroxylation is 1. The van der Waals surface area contributed by atoms with Crippen LogP contribution in [-0.4, -0.2) is 95.4 Å². The molecule has 54 heavy (non-hydrogen) atoms. The summed E-state index contributed by atoms with van der Waals surface area (Å²) >= 11 is 1.47. The molecule has 0 aliphatic carbocycles. The molecule has 0 saturated carbocycles. The first-order chi connectivity index (χ1) is 26.0. The van der Waals surface area contributed by atoms with E-state index in [1.807, 2.05) is 24.6 Å². The number of amides is 1. The summed E-state index contributed by atoms with van der Waals surface area (Å²) in [6.45, 7) is 12.3. The van der Waals surface area contributed by atoms with E-state index in [9.17, 15) is 9.59 Å². The molecule has 6 bridgehead atoms. The van der Waals surface area contributed by atoms with Crippen molar-refractivity contribution >= 4 is 34.1 Å². The van der Waals surface area contributed by atoms with E-state index >= 15 is 0 Å². The molecule has 2 fully saturated rings. The predicted molar refractivity (Wildman–Crippen MR) is 211 cm³/mol. The Morgan fingerprint density at radius 2 is 1.94 bits per heavy atom. The van der Waals surface area contributed by atoms with Crippen molar-refractivity contribution in [3.8, 4) is 22.5 Å². The van der Waals surface area contributed by atoms with Crippen molar-refractivity contribution < 1.29 is 23.8 Å². The SMILES string of the molecule is CCn1c(-c2cccnc2[C@H](C)OC)c2c3cc(ccc31)-c1csc(n1)[C@@H](OCC1CCN(C)CC1)[C@H](N)C(=O)N1CCC[C@H](N1)C(=O)OCC(C)(C)C2. The molecular weight excluding hydrogens is 703 g/mol. The lowest BCUT2D eigenvalue weighted by atomic mass is 9.84. The summed E-state index contributed by atoms with van der Waals surface area (Å²) in [6.07, 6.45) is 4.73. The second-order valence-electron chi connectivity index (χ2n) is 16.0. The molecule has 4 aromatic rings. The van der Waals surface area contributed by atoms with Gasteiger partial charge < -0.3 is 29.4 Å². The second-order valence-corrected chi connectivity index (χ2v) is 16.9. The molecule has 6 heterocycles. The van der Waals surface area contributed by atoms with Crippen molar-refractivity contribution in [2.24, 2.45) is 17.1 Å². The lowest BCUT2D eigenvalue weighted by Gasteiger charge is -2.36. The van der Waals surface area contributed by atoms with E-state index in [1.165, 1.54) is 16.3 Å². The normalized spacial score (nSPS) is 23.7. The molecule has 0 radical (unpaired) electrons. The topological polar surface area (TPSA) is 137 Å². The van der Waals surface area contributed by atoms with Crippen LogP contribution in [0.4, 0.5) is 0 Å². The number of fused-ring (bicyclic) bond motifs is 6. The van der Waals surface area contributed by atoms with Crippen LogP contribution < -0.4 is 11.2 Å². The number of carbonyl (C=O) groups is 2. The molecule has 3 aliphatic heterocycles. The van der Waals surface area contributed by atoms with Gasteiger partial charge in [0.25, 0.3) is 5.91 Å². The molecule has 7 rings (SSSR count). The number of cyclic esters (lactones) is 1. The lowest BCUT2D eigenvalue weighted by Crippen LogP contribution is -2.60. The van der Waals surface area contributed by atoms with E-state index in [2.05, 4.69) is 67.0 Å². The highest BCUT2D eigenvalue weighted by atomic mass is 32.1. The Morgan fingerprint density at radius 3 is 2.70 bits per heavy atom. The Balaban J connectivity index is 1.36. The molecule has 4 atom stereocenters. The third-order valence-corrected chi connectivity index (χ3v) is 12.2. The van der Waals surface area contributed by atoms with Crippen LogP contribution in [0.2, 0.25) is 0 Å². The van der Waals surface area contributed by atoms with Gasteiger partial charge in [-0.2, -0.15) is 0 Å². The highest BCUT2D eigenvalue weighted by Crippen LogP contribution is 2.42. The molecule has 1 amide bonds. The van der Waals surface area contributed by atoms with Crippen LogP contribution in [0.15, 0.2) is 41.9 Å². The minimum atomic E-state index is -1.02. The van der Waals surface area contributed by atoms with Gasteiger partial charge in [0, 0.05) is 59.2 Å². The Kier molecular flexibility index (Phi) is 11.5. The van der Waals surface area contributed by atoms with Crippen molar-refractivity contribution in [3.63, 3.8) is 0 Å². The van der Waals surface area contributed by atoms with Crippen molar-refractivity contribution in [3.05, 3.63) is 58.2 Å². The minimum absolute atomic E-state index is 0.200. The van der Waals surface area contributed by atoms with Crippen LogP contribution in [0, 0.1) is 11.3 Å². The number of carbonyl (C=O) groups excluding carboxylic acids is 2. The molecule has 13 heteroatoms. The number of nitrogens with two attached hydrogens (primary N) is 1. The number of aromatic nitrogens is 3. The van der Waals surface area contributed by atoms with Gasteiger partial charge in [-0.05, 0) is 102 Å². The number of hydrazine groups is 1. The van der Waals surface area contributed by atoms with Crippen LogP contribution in [-0.2, 0) is 36.8 Å². The van der Waals surface area contributed by atoms with Crippen molar-refractivity contribution in [2.75, 3.05) is 47.0 Å². The number of nitrogens with zero attached hydrogens (tertiary/aromatic N) is 5. The largest absolute Gasteiger partial charge is 0.464 e. The van der Waals surface area contributed by atoms with E-state index in [-0.39, 0.29) is 24.6 Å². The summed E-state index contributed by atoms with van der Waals surface area (Å²) in [5, 5.41) is 5.29. The van der Waals surface area contributed by atoms with Gasteiger partial charge in [-0.1, -0.05) is 19.9 Å². The van der Waals surface area contributed by atoms with Gasteiger partial charge in [0.05, 0.1) is 36.4 Å². The number of pyridine rings is 1. The van der Waals surface area contributed by atoms with E-state index in [0.717, 1.165) is 77.2 Å². The molecule has 0 spiro atoms. The number of benzene rings is 1. The zero-order valence-corrected chi connectivity index (χ0v) is 33.3. The van der Waals surface area contributed by atoms with Gasteiger partial charge >= 0.3 is 5.97 Å². The smallest absolute Gasteiger partial charge is 0.324 e. The number of rotatable bonds is 7. The number of ether oxygens (including phenoxy) is 3. The first-order valence-electron chi connectivity index (χ1n) is 19.4. The maximum Gasteiger partial charge on any atom is 0.324 e. The number of esters is 1. The maximum absolute atomic E-state index is 14.0. The van der Waals surface area contributed by atoms with Crippen LogP contribution in [0.5, 0.6) is 0 Å². The van der Waals surface area contributed by atoms with Crippen molar-refractivity contribution in [1.29, 1.82) is 0 Å². The highest BCUT2D eigenvalue weighted by molar-refractivity contribution is 7.10. The Hall–Kier alpha value is -3.72.